The van der Waals surface area contributed by atoms with E-state index in [1.54, 1.807) is 31.2 Å². The largest absolute Gasteiger partial charge is 0.497 e. The van der Waals surface area contributed by atoms with Crippen molar-refractivity contribution in [1.29, 1.82) is 0 Å². The molecule has 0 saturated carbocycles. The first kappa shape index (κ1) is 24.7. The molecule has 0 fully saturated rings. The van der Waals surface area contributed by atoms with Crippen molar-refractivity contribution in [2.45, 2.75) is 31.1 Å². The predicted octanol–water partition coefficient (Wildman–Crippen LogP) is 5.32. The van der Waals surface area contributed by atoms with Gasteiger partial charge in [-0.3, -0.25) is 9.59 Å². The number of methoxy groups -OCH3 is 1. The second kappa shape index (κ2) is 10.6. The van der Waals surface area contributed by atoms with E-state index in [0.29, 0.717) is 22.8 Å². The van der Waals surface area contributed by atoms with Gasteiger partial charge >= 0.3 is 0 Å². The smallest absolute Gasteiger partial charge is 0.262 e. The van der Waals surface area contributed by atoms with E-state index < -0.39 is 17.0 Å². The van der Waals surface area contributed by atoms with Crippen molar-refractivity contribution in [3.63, 3.8) is 0 Å². The first-order valence-corrected chi connectivity index (χ1v) is 12.7. The summed E-state index contributed by atoms with van der Waals surface area (Å²) in [4.78, 5) is 29.7. The van der Waals surface area contributed by atoms with Crippen LogP contribution in [0.3, 0.4) is 0 Å². The van der Waals surface area contributed by atoms with Crippen molar-refractivity contribution in [3.8, 4) is 5.75 Å². The molecule has 2 amide bonds. The van der Waals surface area contributed by atoms with Crippen LogP contribution in [0.15, 0.2) is 82.9 Å². The summed E-state index contributed by atoms with van der Waals surface area (Å²) in [5, 5.41) is 9.05. The van der Waals surface area contributed by atoms with Crippen LogP contribution in [0.25, 0.3) is 0 Å². The van der Waals surface area contributed by atoms with Gasteiger partial charge in [0.1, 0.15) is 16.8 Å². The topological polar surface area (TPSA) is 83.4 Å². The number of nitrogens with zero attached hydrogens (tertiary/aromatic N) is 3. The molecule has 1 N–H and O–H groups in total. The van der Waals surface area contributed by atoms with Crippen molar-refractivity contribution in [2.24, 2.45) is 10.1 Å². The monoisotopic (exact) mass is 516 g/mol. The number of hydrogen-bond donors (Lipinski definition) is 1. The van der Waals surface area contributed by atoms with E-state index >= 15 is 0 Å². The fourth-order valence-corrected chi connectivity index (χ4v) is 5.32. The van der Waals surface area contributed by atoms with Gasteiger partial charge in [0.25, 0.3) is 5.91 Å². The maximum absolute atomic E-state index is 13.8. The Morgan fingerprint density at radius 3 is 2.70 bits per heavy atom. The minimum Gasteiger partial charge on any atom is -0.497 e. The van der Waals surface area contributed by atoms with Gasteiger partial charge in [-0.2, -0.15) is 10.1 Å². The lowest BCUT2D eigenvalue weighted by Crippen LogP contribution is -2.25. The number of aryl methyl sites for hydroxylation is 1. The zero-order valence-corrected chi connectivity index (χ0v) is 21.2. The van der Waals surface area contributed by atoms with Gasteiger partial charge in [0.15, 0.2) is 5.17 Å². The molecular weight excluding hydrogens is 491 g/mol. The summed E-state index contributed by atoms with van der Waals surface area (Å²) >= 11 is 1.22. The quantitative estimate of drug-likeness (QED) is 0.480. The van der Waals surface area contributed by atoms with Crippen molar-refractivity contribution >= 4 is 40.1 Å². The third kappa shape index (κ3) is 5.41. The minimum atomic E-state index is -0.688. The molecule has 0 aromatic heterocycles. The number of amidine groups is 1. The van der Waals surface area contributed by atoms with Crippen molar-refractivity contribution < 1.29 is 18.7 Å². The number of aliphatic imine (C=N–C) groups is 1. The standard InChI is InChI=1S/C28H25FN4O3S/c1-17-11-12-20(14-22(17)29)30-26(34)16-25-27(35)31-28(37-25)33-24(19-9-6-10-21(13-19)36-2)15-23(32-33)18-7-4-3-5-8-18/h3-14,24-25H,15-16H2,1-2H3,(H,30,34)/t24-,25-/m0/s1. The lowest BCUT2D eigenvalue weighted by atomic mass is 9.98. The van der Waals surface area contributed by atoms with Crippen molar-refractivity contribution in [3.05, 3.63) is 95.3 Å². The Morgan fingerprint density at radius 1 is 1.14 bits per heavy atom. The number of nitrogens with one attached hydrogen (secondary N) is 1. The molecular formula is C28H25FN4O3S. The number of hydrogen-bond acceptors (Lipinski definition) is 6. The molecule has 0 saturated heterocycles. The number of rotatable bonds is 6. The Labute approximate surface area is 218 Å². The number of benzene rings is 3. The highest BCUT2D eigenvalue weighted by Gasteiger charge is 2.39. The number of ether oxygens (including phenoxy) is 1. The summed E-state index contributed by atoms with van der Waals surface area (Å²) in [6, 6.07) is 21.9. The summed E-state index contributed by atoms with van der Waals surface area (Å²) in [6.45, 7) is 1.65. The highest BCUT2D eigenvalue weighted by molar-refractivity contribution is 8.15. The fourth-order valence-electron chi connectivity index (χ4n) is 4.26. The molecule has 3 aromatic rings. The number of carbonyl (C=O) groups is 2. The van der Waals surface area contributed by atoms with E-state index in [2.05, 4.69) is 10.3 Å². The second-order valence-electron chi connectivity index (χ2n) is 8.81. The number of hydrazone groups is 1. The summed E-state index contributed by atoms with van der Waals surface area (Å²) in [7, 11) is 1.62. The third-order valence-electron chi connectivity index (χ3n) is 6.25. The second-order valence-corrected chi connectivity index (χ2v) is 9.98. The van der Waals surface area contributed by atoms with E-state index in [1.807, 2.05) is 54.6 Å². The molecule has 7 nitrogen and oxygen atoms in total. The average Bonchev–Trinajstić information content (AvgIpc) is 3.51. The number of carbonyl (C=O) groups excluding carboxylic acids is 2. The van der Waals surface area contributed by atoms with Gasteiger partial charge in [0, 0.05) is 18.5 Å². The average molecular weight is 517 g/mol. The lowest BCUT2D eigenvalue weighted by molar-refractivity contribution is -0.121. The molecule has 9 heteroatoms. The van der Waals surface area contributed by atoms with E-state index in [1.165, 1.54) is 17.8 Å². The summed E-state index contributed by atoms with van der Waals surface area (Å²) in [6.07, 6.45) is 0.536. The van der Waals surface area contributed by atoms with Crippen LogP contribution in [0.5, 0.6) is 5.75 Å². The SMILES string of the molecule is COc1cccc([C@@H]2CC(c3ccccc3)=NN2C2=NC(=O)[C@H](CC(=O)Nc3ccc(C)c(F)c3)S2)c1. The molecule has 5 rings (SSSR count). The maximum atomic E-state index is 13.8. The molecule has 0 unspecified atom stereocenters. The zero-order valence-electron chi connectivity index (χ0n) is 20.3. The van der Waals surface area contributed by atoms with Crippen LogP contribution in [0, 0.1) is 12.7 Å². The zero-order chi connectivity index (χ0) is 25.9. The number of amides is 2. The first-order chi connectivity index (χ1) is 17.9. The van der Waals surface area contributed by atoms with Gasteiger partial charge in [0.2, 0.25) is 5.91 Å². The number of thioether (sulfide) groups is 1. The van der Waals surface area contributed by atoms with Gasteiger partial charge in [-0.05, 0) is 47.9 Å². The van der Waals surface area contributed by atoms with Crippen LogP contribution in [0.4, 0.5) is 10.1 Å². The Morgan fingerprint density at radius 2 is 1.95 bits per heavy atom. The molecule has 2 heterocycles. The van der Waals surface area contributed by atoms with Crippen LogP contribution in [0.2, 0.25) is 0 Å². The molecule has 0 spiro atoms. The van der Waals surface area contributed by atoms with Gasteiger partial charge < -0.3 is 10.1 Å². The van der Waals surface area contributed by atoms with Gasteiger partial charge in [-0.15, -0.1) is 0 Å². The summed E-state index contributed by atoms with van der Waals surface area (Å²) < 4.78 is 19.3. The van der Waals surface area contributed by atoms with Crippen LogP contribution < -0.4 is 10.1 Å². The molecule has 188 valence electrons. The third-order valence-corrected chi connectivity index (χ3v) is 7.39. The lowest BCUT2D eigenvalue weighted by Gasteiger charge is -2.23. The van der Waals surface area contributed by atoms with Crippen molar-refractivity contribution in [1.82, 2.24) is 5.01 Å². The van der Waals surface area contributed by atoms with Crippen LogP contribution in [0.1, 0.15) is 35.6 Å². The number of anilines is 1. The summed E-state index contributed by atoms with van der Waals surface area (Å²) in [5.74, 6) is -0.452. The molecule has 2 aliphatic rings. The van der Waals surface area contributed by atoms with Crippen LogP contribution in [-0.2, 0) is 9.59 Å². The molecule has 2 aliphatic heterocycles. The first-order valence-electron chi connectivity index (χ1n) is 11.8. The Balaban J connectivity index is 1.35. The Kier molecular flexibility index (Phi) is 7.05. The van der Waals surface area contributed by atoms with Gasteiger partial charge in [-0.25, -0.2) is 9.40 Å². The Bertz CT molecular complexity index is 1410. The van der Waals surface area contributed by atoms with Crippen molar-refractivity contribution in [2.75, 3.05) is 12.4 Å². The fraction of sp³-hybridized carbons (Fsp3) is 0.214. The summed E-state index contributed by atoms with van der Waals surface area (Å²) in [5.41, 5.74) is 3.69. The van der Waals surface area contributed by atoms with Gasteiger partial charge in [-0.1, -0.05) is 60.3 Å². The van der Waals surface area contributed by atoms with E-state index in [4.69, 9.17) is 9.84 Å². The normalized spacial score (nSPS) is 19.0. The van der Waals surface area contributed by atoms with E-state index in [9.17, 15) is 14.0 Å². The molecule has 2 atom stereocenters. The van der Waals surface area contributed by atoms with E-state index in [-0.39, 0.29) is 18.4 Å². The highest BCUT2D eigenvalue weighted by atomic mass is 32.2. The van der Waals surface area contributed by atoms with E-state index in [0.717, 1.165) is 22.6 Å². The molecule has 0 bridgehead atoms. The van der Waals surface area contributed by atoms with Crippen LogP contribution in [-0.4, -0.2) is 40.1 Å². The highest BCUT2D eigenvalue weighted by Crippen LogP contribution is 2.39. The predicted molar refractivity (Wildman–Crippen MR) is 143 cm³/mol. The van der Waals surface area contributed by atoms with Gasteiger partial charge in [0.05, 0.1) is 18.9 Å². The molecule has 0 radical (unpaired) electrons. The Hall–Kier alpha value is -3.98. The minimum absolute atomic E-state index is 0.0844. The molecule has 37 heavy (non-hydrogen) atoms. The maximum Gasteiger partial charge on any atom is 0.262 e. The number of halogens is 1. The molecule has 3 aromatic carbocycles. The van der Waals surface area contributed by atoms with Crippen LogP contribution >= 0.6 is 11.8 Å². The molecule has 0 aliphatic carbocycles.